The van der Waals surface area contributed by atoms with Crippen LogP contribution < -0.4 is 10.0 Å². The van der Waals surface area contributed by atoms with Gasteiger partial charge in [-0.3, -0.25) is 9.78 Å². The van der Waals surface area contributed by atoms with Crippen LogP contribution in [0.5, 0.6) is 0 Å². The highest BCUT2D eigenvalue weighted by molar-refractivity contribution is 7.90. The third-order valence-electron chi connectivity index (χ3n) is 5.53. The fourth-order valence-corrected chi connectivity index (χ4v) is 4.61. The van der Waals surface area contributed by atoms with Crippen molar-refractivity contribution in [1.29, 1.82) is 0 Å². The van der Waals surface area contributed by atoms with E-state index in [0.29, 0.717) is 18.4 Å². The number of fused-ring (bicyclic) bond motifs is 1. The first kappa shape index (κ1) is 21.3. The number of nitrogens with one attached hydrogen (secondary N) is 3. The van der Waals surface area contributed by atoms with Crippen molar-refractivity contribution in [2.75, 3.05) is 11.9 Å². The standard InChI is InChI=1S/C23H26N4O3S/c1-15(2)31(29,30)25-14-16-12-19-21(20(28)13-16)23(26-18-6-4-3-5-7-18)22(27-19)17-8-10-24-11-9-17/h3-11,15-16,25-27H,12-14H2,1-2H3. The molecular formula is C23H26N4O3S. The predicted octanol–water partition coefficient (Wildman–Crippen LogP) is 3.89. The zero-order valence-corrected chi connectivity index (χ0v) is 18.4. The Morgan fingerprint density at radius 3 is 2.48 bits per heavy atom. The van der Waals surface area contributed by atoms with Crippen LogP contribution in [0.15, 0.2) is 54.9 Å². The molecule has 3 aromatic rings. The van der Waals surface area contributed by atoms with Gasteiger partial charge in [0.25, 0.3) is 0 Å². The molecule has 2 aromatic heterocycles. The third-order valence-corrected chi connectivity index (χ3v) is 7.34. The maximum absolute atomic E-state index is 13.2. The molecule has 0 spiro atoms. The molecule has 1 unspecified atom stereocenters. The summed E-state index contributed by atoms with van der Waals surface area (Å²) in [6, 6.07) is 13.5. The van der Waals surface area contributed by atoms with Gasteiger partial charge in [0.15, 0.2) is 5.78 Å². The number of carbonyl (C=O) groups is 1. The van der Waals surface area contributed by atoms with E-state index in [2.05, 4.69) is 20.0 Å². The number of aromatic nitrogens is 2. The van der Waals surface area contributed by atoms with E-state index < -0.39 is 15.3 Å². The first-order valence-corrected chi connectivity index (χ1v) is 11.9. The van der Waals surface area contributed by atoms with Crippen molar-refractivity contribution in [3.8, 4) is 11.3 Å². The number of carbonyl (C=O) groups excluding carboxylic acids is 1. The van der Waals surface area contributed by atoms with Crippen molar-refractivity contribution in [2.24, 2.45) is 5.92 Å². The summed E-state index contributed by atoms with van der Waals surface area (Å²) in [7, 11) is -3.37. The summed E-state index contributed by atoms with van der Waals surface area (Å²) >= 11 is 0. The number of aromatic amines is 1. The van der Waals surface area contributed by atoms with Crippen LogP contribution >= 0.6 is 0 Å². The zero-order chi connectivity index (χ0) is 22.0. The zero-order valence-electron chi connectivity index (χ0n) is 17.6. The van der Waals surface area contributed by atoms with Crippen molar-refractivity contribution in [2.45, 2.75) is 31.9 Å². The Morgan fingerprint density at radius 1 is 1.10 bits per heavy atom. The van der Waals surface area contributed by atoms with Crippen LogP contribution in [0, 0.1) is 5.92 Å². The van der Waals surface area contributed by atoms with Crippen LogP contribution in [-0.4, -0.2) is 36.0 Å². The highest BCUT2D eigenvalue weighted by Crippen LogP contribution is 2.39. The Kier molecular flexibility index (Phi) is 5.93. The summed E-state index contributed by atoms with van der Waals surface area (Å²) in [6.07, 6.45) is 4.32. The Bertz CT molecular complexity index is 1170. The molecule has 0 aliphatic heterocycles. The second kappa shape index (κ2) is 8.64. The number of para-hydroxylation sites is 1. The van der Waals surface area contributed by atoms with Gasteiger partial charge in [0.05, 0.1) is 22.2 Å². The normalized spacial score (nSPS) is 16.4. The number of rotatable bonds is 7. The number of Topliss-reactive ketones (excluding diaryl/α,β-unsaturated/α-hetero) is 1. The highest BCUT2D eigenvalue weighted by Gasteiger charge is 2.32. The van der Waals surface area contributed by atoms with Crippen molar-refractivity contribution in [3.63, 3.8) is 0 Å². The van der Waals surface area contributed by atoms with E-state index in [1.165, 1.54) is 0 Å². The fourth-order valence-electron chi connectivity index (χ4n) is 3.81. The molecule has 1 aromatic carbocycles. The molecule has 0 saturated carbocycles. The van der Waals surface area contributed by atoms with E-state index in [4.69, 9.17) is 0 Å². The number of hydrogen-bond acceptors (Lipinski definition) is 5. The summed E-state index contributed by atoms with van der Waals surface area (Å²) < 4.78 is 26.9. The molecule has 162 valence electrons. The maximum Gasteiger partial charge on any atom is 0.213 e. The molecule has 1 aliphatic carbocycles. The van der Waals surface area contributed by atoms with E-state index in [0.717, 1.165) is 28.3 Å². The lowest BCUT2D eigenvalue weighted by atomic mass is 9.86. The van der Waals surface area contributed by atoms with Gasteiger partial charge in [-0.15, -0.1) is 0 Å². The van der Waals surface area contributed by atoms with E-state index >= 15 is 0 Å². The monoisotopic (exact) mass is 438 g/mol. The number of pyridine rings is 1. The van der Waals surface area contributed by atoms with E-state index in [9.17, 15) is 13.2 Å². The van der Waals surface area contributed by atoms with Crippen LogP contribution in [0.3, 0.4) is 0 Å². The van der Waals surface area contributed by atoms with E-state index in [1.807, 2.05) is 42.5 Å². The molecule has 2 heterocycles. The van der Waals surface area contributed by atoms with Gasteiger partial charge in [0, 0.05) is 42.3 Å². The summed E-state index contributed by atoms with van der Waals surface area (Å²) in [5, 5.41) is 2.90. The molecule has 0 fully saturated rings. The van der Waals surface area contributed by atoms with Gasteiger partial charge < -0.3 is 10.3 Å². The van der Waals surface area contributed by atoms with Crippen molar-refractivity contribution in [3.05, 3.63) is 66.1 Å². The lowest BCUT2D eigenvalue weighted by molar-refractivity contribution is 0.0950. The second-order valence-corrected chi connectivity index (χ2v) is 10.4. The van der Waals surface area contributed by atoms with Crippen molar-refractivity contribution in [1.82, 2.24) is 14.7 Å². The number of anilines is 2. The lowest BCUT2D eigenvalue weighted by Crippen LogP contribution is -2.37. The average Bonchev–Trinajstić information content (AvgIpc) is 3.12. The van der Waals surface area contributed by atoms with Crippen LogP contribution in [0.1, 0.15) is 36.3 Å². The summed E-state index contributed by atoms with van der Waals surface area (Å²) in [5.74, 6) is -0.0907. The molecule has 3 N–H and O–H groups in total. The van der Waals surface area contributed by atoms with Gasteiger partial charge >= 0.3 is 0 Å². The van der Waals surface area contributed by atoms with Gasteiger partial charge in [-0.05, 0) is 50.5 Å². The number of benzene rings is 1. The topological polar surface area (TPSA) is 104 Å². The first-order chi connectivity index (χ1) is 14.8. The van der Waals surface area contributed by atoms with E-state index in [1.54, 1.807) is 26.2 Å². The minimum atomic E-state index is -3.37. The lowest BCUT2D eigenvalue weighted by Gasteiger charge is -2.23. The smallest absolute Gasteiger partial charge is 0.213 e. The van der Waals surface area contributed by atoms with Gasteiger partial charge in [0.2, 0.25) is 10.0 Å². The summed E-state index contributed by atoms with van der Waals surface area (Å²) in [4.78, 5) is 20.7. The Morgan fingerprint density at radius 2 is 1.81 bits per heavy atom. The van der Waals surface area contributed by atoms with E-state index in [-0.39, 0.29) is 18.2 Å². The maximum atomic E-state index is 13.2. The number of nitrogens with zero attached hydrogens (tertiary/aromatic N) is 1. The predicted molar refractivity (Wildman–Crippen MR) is 122 cm³/mol. The minimum absolute atomic E-state index is 0.00461. The molecule has 1 atom stereocenters. The third kappa shape index (κ3) is 4.55. The summed E-state index contributed by atoms with van der Waals surface area (Å²) in [6.45, 7) is 3.52. The van der Waals surface area contributed by atoms with Crippen molar-refractivity contribution >= 4 is 27.2 Å². The van der Waals surface area contributed by atoms with Crippen LogP contribution in [0.25, 0.3) is 11.3 Å². The SMILES string of the molecule is CC(C)S(=O)(=O)NCC1CC(=O)c2c([nH]c(-c3ccncc3)c2Nc2ccccc2)C1. The molecule has 7 nitrogen and oxygen atoms in total. The molecule has 0 saturated heterocycles. The summed E-state index contributed by atoms with van der Waals surface area (Å²) in [5.41, 5.74) is 4.87. The average molecular weight is 439 g/mol. The minimum Gasteiger partial charge on any atom is -0.356 e. The number of sulfonamides is 1. The molecule has 8 heteroatoms. The molecule has 1 aliphatic rings. The van der Waals surface area contributed by atoms with Gasteiger partial charge in [0.1, 0.15) is 0 Å². The number of ketones is 1. The molecule has 0 radical (unpaired) electrons. The van der Waals surface area contributed by atoms with Crippen LogP contribution in [-0.2, 0) is 16.4 Å². The van der Waals surface area contributed by atoms with Crippen LogP contribution in [0.2, 0.25) is 0 Å². The van der Waals surface area contributed by atoms with Crippen molar-refractivity contribution < 1.29 is 13.2 Å². The van der Waals surface area contributed by atoms with Gasteiger partial charge in [-0.25, -0.2) is 13.1 Å². The second-order valence-electron chi connectivity index (χ2n) is 8.10. The largest absolute Gasteiger partial charge is 0.356 e. The Balaban J connectivity index is 1.68. The Labute approximate surface area is 182 Å². The Hall–Kier alpha value is -2.97. The first-order valence-electron chi connectivity index (χ1n) is 10.3. The highest BCUT2D eigenvalue weighted by atomic mass is 32.2. The number of H-pyrrole nitrogens is 1. The molecule has 0 bridgehead atoms. The van der Waals surface area contributed by atoms with Crippen LogP contribution in [0.4, 0.5) is 11.4 Å². The molecular weight excluding hydrogens is 412 g/mol. The fraction of sp³-hybridized carbons (Fsp3) is 0.304. The molecule has 31 heavy (non-hydrogen) atoms. The quantitative estimate of drug-likeness (QED) is 0.519. The number of hydrogen-bond donors (Lipinski definition) is 3. The van der Waals surface area contributed by atoms with Gasteiger partial charge in [-0.2, -0.15) is 0 Å². The molecule has 0 amide bonds. The van der Waals surface area contributed by atoms with Gasteiger partial charge in [-0.1, -0.05) is 18.2 Å². The molecule has 4 rings (SSSR count).